The molecule has 0 saturated heterocycles. The smallest absolute Gasteiger partial charge is 0.509 e. The van der Waals surface area contributed by atoms with Crippen molar-refractivity contribution in [2.75, 3.05) is 0 Å². The molecule has 0 aliphatic rings. The van der Waals surface area contributed by atoms with E-state index in [1.807, 2.05) is 29.1 Å². The van der Waals surface area contributed by atoms with Gasteiger partial charge in [-0.25, -0.2) is 4.98 Å². The topological polar surface area (TPSA) is 44.9 Å². The second-order valence-electron chi connectivity index (χ2n) is 11.9. The first kappa shape index (κ1) is 30.6. The number of aromatic nitrogens is 4. The van der Waals surface area contributed by atoms with Crippen LogP contribution in [0.2, 0.25) is 0 Å². The average molecular weight is 770 g/mol. The zero-order valence-electron chi connectivity index (χ0n) is 26.5. The number of aryl methyl sites for hydroxylation is 6. The van der Waals surface area contributed by atoms with Gasteiger partial charge in [0, 0.05) is 34.5 Å². The molecule has 0 fully saturated rings. The fraction of sp³-hybridized carbons (Fsp3) is 0.179. The molecule has 0 aliphatic heterocycles. The Balaban J connectivity index is 0.00000357. The molecule has 45 heavy (non-hydrogen) atoms. The molecule has 7 rings (SSSR count). The van der Waals surface area contributed by atoms with Crippen molar-refractivity contribution in [3.8, 4) is 34.1 Å². The third-order valence-electron chi connectivity index (χ3n) is 8.33. The van der Waals surface area contributed by atoms with Crippen LogP contribution in [0.3, 0.4) is 0 Å². The number of benzene rings is 4. The van der Waals surface area contributed by atoms with Crippen LogP contribution >= 0.6 is 0 Å². The van der Waals surface area contributed by atoms with Crippen LogP contribution in [0.1, 0.15) is 39.2 Å². The van der Waals surface area contributed by atoms with E-state index < -0.39 is 0 Å². The second kappa shape index (κ2) is 11.8. The van der Waals surface area contributed by atoms with Crippen molar-refractivity contribution in [3.63, 3.8) is 0 Å². The molecule has 0 spiro atoms. The molecule has 5 nitrogen and oxygen atoms in total. The number of fused-ring (bicyclic) bond motifs is 3. The van der Waals surface area contributed by atoms with Crippen LogP contribution in [-0.4, -0.2) is 19.3 Å². The molecule has 0 amide bonds. The molecule has 0 atom stereocenters. The summed E-state index contributed by atoms with van der Waals surface area (Å²) in [6, 6.07) is 32.2. The molecule has 6 heteroatoms. The van der Waals surface area contributed by atoms with Gasteiger partial charge in [0.2, 0.25) is 0 Å². The quantitative estimate of drug-likeness (QED) is 0.164. The fourth-order valence-corrected chi connectivity index (χ4v) is 6.58. The molecule has 226 valence electrons. The number of hydrogen-bond acceptors (Lipinski definition) is 3. The number of para-hydroxylation sites is 1. The molecule has 3 aromatic heterocycles. The number of rotatable bonds is 5. The summed E-state index contributed by atoms with van der Waals surface area (Å²) in [7, 11) is 0. The third kappa shape index (κ3) is 5.40. The minimum atomic E-state index is 0. The first-order valence-electron chi connectivity index (χ1n) is 14.9. The molecule has 0 bridgehead atoms. The normalized spacial score (nSPS) is 11.3. The number of ether oxygens (including phenoxy) is 1. The van der Waals surface area contributed by atoms with Gasteiger partial charge in [-0.1, -0.05) is 48.3 Å². The third-order valence-corrected chi connectivity index (χ3v) is 8.33. The van der Waals surface area contributed by atoms with Gasteiger partial charge in [-0.05, 0) is 93.1 Å². The first-order valence-corrected chi connectivity index (χ1v) is 14.9. The maximum atomic E-state index is 6.47. The van der Waals surface area contributed by atoms with Gasteiger partial charge in [-0.3, -0.25) is 4.68 Å². The van der Waals surface area contributed by atoms with Crippen LogP contribution in [0, 0.1) is 60.6 Å². The van der Waals surface area contributed by atoms with E-state index >= 15 is 0 Å². The van der Waals surface area contributed by atoms with Crippen LogP contribution < -0.4 is 4.74 Å². The Kier molecular flexibility index (Phi) is 8.01. The summed E-state index contributed by atoms with van der Waals surface area (Å²) in [5, 5.41) is 7.23. The summed E-state index contributed by atoms with van der Waals surface area (Å²) in [6.07, 6.45) is 1.85. The molecule has 0 aliphatic carbocycles. The first-order chi connectivity index (χ1) is 21.2. The van der Waals surface area contributed by atoms with Gasteiger partial charge in [0.05, 0.1) is 5.69 Å². The summed E-state index contributed by atoms with van der Waals surface area (Å²) < 4.78 is 10.6. The standard InChI is InChI=1S/C39H34N4O.Pt/c1-23-14-15-40-37(20-23)42-35-11-9-8-10-33(35)34-13-12-31(22-36(34)42)44-32-19-25(3)18-30(21-32)43-29(7)39(28(6)41-43)38-26(4)16-24(2)17-27(38)5;/h8-20H,1-7H3;/q-2;+2. The van der Waals surface area contributed by atoms with Crippen molar-refractivity contribution in [3.05, 3.63) is 130 Å². The van der Waals surface area contributed by atoms with Gasteiger partial charge in [0.1, 0.15) is 5.82 Å². The summed E-state index contributed by atoms with van der Waals surface area (Å²) in [4.78, 5) is 4.69. The van der Waals surface area contributed by atoms with Crippen LogP contribution in [0.15, 0.2) is 79.0 Å². The van der Waals surface area contributed by atoms with Crippen LogP contribution in [0.4, 0.5) is 0 Å². The second-order valence-corrected chi connectivity index (χ2v) is 11.9. The maximum Gasteiger partial charge on any atom is 2.00 e. The van der Waals surface area contributed by atoms with E-state index in [0.717, 1.165) is 55.8 Å². The summed E-state index contributed by atoms with van der Waals surface area (Å²) in [5.41, 5.74) is 13.3. The van der Waals surface area contributed by atoms with Crippen LogP contribution in [0.25, 0.3) is 44.4 Å². The molecular weight excluding hydrogens is 736 g/mol. The molecule has 0 saturated carbocycles. The van der Waals surface area contributed by atoms with E-state index in [4.69, 9.17) is 14.8 Å². The Labute approximate surface area is 278 Å². The van der Waals surface area contributed by atoms with E-state index in [9.17, 15) is 0 Å². The predicted octanol–water partition coefficient (Wildman–Crippen LogP) is 9.58. The minimum Gasteiger partial charge on any atom is -0.509 e. The van der Waals surface area contributed by atoms with E-state index in [-0.39, 0.29) is 21.1 Å². The van der Waals surface area contributed by atoms with E-state index in [1.165, 1.54) is 27.8 Å². The molecule has 7 aromatic rings. The van der Waals surface area contributed by atoms with Crippen molar-refractivity contribution in [1.82, 2.24) is 19.3 Å². The molecular formula is C39H34N4OPt. The van der Waals surface area contributed by atoms with Crippen molar-refractivity contribution < 1.29 is 25.8 Å². The van der Waals surface area contributed by atoms with Crippen LogP contribution in [0.5, 0.6) is 11.5 Å². The van der Waals surface area contributed by atoms with E-state index in [1.54, 1.807) is 0 Å². The van der Waals surface area contributed by atoms with Gasteiger partial charge in [-0.15, -0.1) is 35.7 Å². The zero-order chi connectivity index (χ0) is 30.7. The van der Waals surface area contributed by atoms with Crippen molar-refractivity contribution in [2.45, 2.75) is 48.5 Å². The molecule has 4 aromatic carbocycles. The summed E-state index contributed by atoms with van der Waals surface area (Å²) in [6.45, 7) is 14.9. The number of nitrogens with zero attached hydrogens (tertiary/aromatic N) is 4. The zero-order valence-corrected chi connectivity index (χ0v) is 28.8. The number of hydrogen-bond donors (Lipinski definition) is 0. The minimum absolute atomic E-state index is 0. The summed E-state index contributed by atoms with van der Waals surface area (Å²) >= 11 is 0. The molecule has 0 N–H and O–H groups in total. The van der Waals surface area contributed by atoms with Gasteiger partial charge in [0.25, 0.3) is 0 Å². The maximum absolute atomic E-state index is 6.47. The number of pyridine rings is 1. The average Bonchev–Trinajstić information content (AvgIpc) is 3.45. The monoisotopic (exact) mass is 769 g/mol. The Bertz CT molecular complexity index is 2220. The van der Waals surface area contributed by atoms with E-state index in [2.05, 4.69) is 120 Å². The SMILES string of the molecule is Cc1cc(Oc2[c-]c3c(cc2)c2ccccc2n3-c2cc(C)ccn2)[c-]c(-n2nc(C)c(-c3c(C)cc(C)cc3C)c2C)c1.[Pt+2]. The fourth-order valence-electron chi connectivity index (χ4n) is 6.58. The van der Waals surface area contributed by atoms with Gasteiger partial charge in [-0.2, -0.15) is 16.7 Å². The summed E-state index contributed by atoms with van der Waals surface area (Å²) in [5.74, 6) is 2.08. The van der Waals surface area contributed by atoms with Crippen molar-refractivity contribution in [1.29, 1.82) is 0 Å². The Morgan fingerprint density at radius 2 is 1.40 bits per heavy atom. The van der Waals surface area contributed by atoms with Gasteiger partial charge < -0.3 is 9.30 Å². The van der Waals surface area contributed by atoms with Gasteiger partial charge >= 0.3 is 21.1 Å². The van der Waals surface area contributed by atoms with Crippen LogP contribution in [-0.2, 0) is 21.1 Å². The Morgan fingerprint density at radius 1 is 0.667 bits per heavy atom. The Morgan fingerprint density at radius 3 is 2.16 bits per heavy atom. The van der Waals surface area contributed by atoms with Gasteiger partial charge in [0.15, 0.2) is 0 Å². The molecule has 0 radical (unpaired) electrons. The molecule has 3 heterocycles. The predicted molar refractivity (Wildman–Crippen MR) is 178 cm³/mol. The largest absolute Gasteiger partial charge is 2.00 e. The van der Waals surface area contributed by atoms with Crippen molar-refractivity contribution in [2.24, 2.45) is 0 Å². The van der Waals surface area contributed by atoms with E-state index in [0.29, 0.717) is 11.5 Å². The Hall–Kier alpha value is -4.47. The van der Waals surface area contributed by atoms with Crippen molar-refractivity contribution >= 4 is 21.8 Å². The molecule has 0 unspecified atom stereocenters.